The predicted molar refractivity (Wildman–Crippen MR) is 54.0 cm³/mol. The molecule has 0 atom stereocenters. The minimum absolute atomic E-state index is 0.126. The van der Waals surface area contributed by atoms with Crippen molar-refractivity contribution >= 4 is 6.29 Å². The number of aromatic nitrogens is 1. The Balaban J connectivity index is 2.19. The summed E-state index contributed by atoms with van der Waals surface area (Å²) in [6, 6.07) is 5.38. The first-order valence-corrected chi connectivity index (χ1v) is 4.75. The lowest BCUT2D eigenvalue weighted by Crippen LogP contribution is -2.17. The lowest BCUT2D eigenvalue weighted by molar-refractivity contribution is -0.276. The van der Waals surface area contributed by atoms with Crippen molar-refractivity contribution in [3.63, 3.8) is 0 Å². The van der Waals surface area contributed by atoms with Gasteiger partial charge in [0.2, 0.25) is 5.88 Å². The van der Waals surface area contributed by atoms with E-state index in [1.54, 1.807) is 0 Å². The van der Waals surface area contributed by atoms with Crippen LogP contribution in [0.2, 0.25) is 0 Å². The molecule has 0 unspecified atom stereocenters. The summed E-state index contributed by atoms with van der Waals surface area (Å²) >= 11 is 0. The molecule has 18 heavy (non-hydrogen) atoms. The molecular weight excluding hydrogens is 251 g/mol. The number of alkyl halides is 3. The van der Waals surface area contributed by atoms with Crippen molar-refractivity contribution in [3.05, 3.63) is 36.2 Å². The average molecular weight is 257 g/mol. The third-order valence-corrected chi connectivity index (χ3v) is 1.98. The standard InChI is InChI=1S/C11H6F3NO3/c12-11(13,14)18-10-4-1-7(5-15-10)9-3-2-8(6-16)17-9/h1-6H. The van der Waals surface area contributed by atoms with Gasteiger partial charge in [-0.3, -0.25) is 4.79 Å². The summed E-state index contributed by atoms with van der Waals surface area (Å²) in [6.45, 7) is 0. The molecule has 94 valence electrons. The van der Waals surface area contributed by atoms with Crippen molar-refractivity contribution in [3.8, 4) is 17.2 Å². The molecule has 0 N–H and O–H groups in total. The Morgan fingerprint density at radius 3 is 2.50 bits per heavy atom. The smallest absolute Gasteiger partial charge is 0.453 e. The van der Waals surface area contributed by atoms with Gasteiger partial charge in [-0.25, -0.2) is 4.98 Å². The van der Waals surface area contributed by atoms with E-state index in [1.165, 1.54) is 18.2 Å². The van der Waals surface area contributed by atoms with Crippen molar-refractivity contribution in [2.24, 2.45) is 0 Å². The highest BCUT2D eigenvalue weighted by Crippen LogP contribution is 2.25. The fourth-order valence-corrected chi connectivity index (χ4v) is 1.28. The molecule has 0 amide bonds. The highest BCUT2D eigenvalue weighted by molar-refractivity contribution is 5.72. The van der Waals surface area contributed by atoms with E-state index in [0.717, 1.165) is 12.3 Å². The largest absolute Gasteiger partial charge is 0.574 e. The van der Waals surface area contributed by atoms with Crippen LogP contribution in [0.25, 0.3) is 11.3 Å². The van der Waals surface area contributed by atoms with E-state index in [-0.39, 0.29) is 5.76 Å². The number of nitrogens with zero attached hydrogens (tertiary/aromatic N) is 1. The number of ether oxygens (including phenoxy) is 1. The van der Waals surface area contributed by atoms with E-state index >= 15 is 0 Å². The number of halogens is 3. The highest BCUT2D eigenvalue weighted by atomic mass is 19.4. The predicted octanol–water partition coefficient (Wildman–Crippen LogP) is 3.05. The van der Waals surface area contributed by atoms with Crippen LogP contribution >= 0.6 is 0 Å². The number of pyridine rings is 1. The summed E-state index contributed by atoms with van der Waals surface area (Å²) in [6.07, 6.45) is -3.09. The molecule has 0 radical (unpaired) electrons. The molecule has 0 saturated carbocycles. The summed E-state index contributed by atoms with van der Waals surface area (Å²) < 4.78 is 44.4. The highest BCUT2D eigenvalue weighted by Gasteiger charge is 2.31. The van der Waals surface area contributed by atoms with E-state index in [1.807, 2.05) is 0 Å². The van der Waals surface area contributed by atoms with Crippen LogP contribution in [0.15, 0.2) is 34.9 Å². The van der Waals surface area contributed by atoms with E-state index in [9.17, 15) is 18.0 Å². The Kier molecular flexibility index (Phi) is 3.05. The normalized spacial score (nSPS) is 11.3. The molecule has 0 spiro atoms. The minimum Gasteiger partial charge on any atom is -0.453 e. The molecular formula is C11H6F3NO3. The number of furan rings is 1. The average Bonchev–Trinajstić information content (AvgIpc) is 2.76. The van der Waals surface area contributed by atoms with Crippen LogP contribution in [-0.4, -0.2) is 17.6 Å². The van der Waals surface area contributed by atoms with Crippen LogP contribution in [0, 0.1) is 0 Å². The molecule has 0 aliphatic rings. The maximum absolute atomic E-state index is 11.9. The maximum Gasteiger partial charge on any atom is 0.574 e. The number of carbonyl (C=O) groups excluding carboxylic acids is 1. The summed E-state index contributed by atoms with van der Waals surface area (Å²) in [7, 11) is 0. The Bertz CT molecular complexity index is 545. The Labute approximate surface area is 99.0 Å². The third kappa shape index (κ3) is 2.88. The van der Waals surface area contributed by atoms with Crippen LogP contribution in [0.5, 0.6) is 5.88 Å². The van der Waals surface area contributed by atoms with Gasteiger partial charge in [0.05, 0.1) is 0 Å². The first-order valence-electron chi connectivity index (χ1n) is 4.75. The van der Waals surface area contributed by atoms with Crippen molar-refractivity contribution in [2.45, 2.75) is 6.36 Å². The second-order valence-corrected chi connectivity index (χ2v) is 3.25. The molecule has 2 aromatic heterocycles. The zero-order valence-corrected chi connectivity index (χ0v) is 8.77. The molecule has 0 aliphatic heterocycles. The van der Waals surface area contributed by atoms with Gasteiger partial charge in [0.1, 0.15) is 5.76 Å². The number of rotatable bonds is 3. The van der Waals surface area contributed by atoms with Gasteiger partial charge in [-0.1, -0.05) is 0 Å². The van der Waals surface area contributed by atoms with Crippen molar-refractivity contribution in [2.75, 3.05) is 0 Å². The van der Waals surface area contributed by atoms with E-state index in [4.69, 9.17) is 4.42 Å². The van der Waals surface area contributed by atoms with Crippen LogP contribution in [0.1, 0.15) is 10.6 Å². The molecule has 4 nitrogen and oxygen atoms in total. The molecule has 0 aromatic carbocycles. The van der Waals surface area contributed by atoms with Crippen LogP contribution in [0.3, 0.4) is 0 Å². The molecule has 2 aromatic rings. The van der Waals surface area contributed by atoms with Gasteiger partial charge in [0.25, 0.3) is 0 Å². The Morgan fingerprint density at radius 1 is 1.22 bits per heavy atom. The van der Waals surface area contributed by atoms with Gasteiger partial charge in [0.15, 0.2) is 12.0 Å². The Hall–Kier alpha value is -2.31. The molecule has 0 aliphatic carbocycles. The fraction of sp³-hybridized carbons (Fsp3) is 0.0909. The minimum atomic E-state index is -4.77. The monoisotopic (exact) mass is 257 g/mol. The van der Waals surface area contributed by atoms with Crippen LogP contribution in [-0.2, 0) is 0 Å². The number of aldehydes is 1. The fourth-order valence-electron chi connectivity index (χ4n) is 1.28. The van der Waals surface area contributed by atoms with Gasteiger partial charge in [0, 0.05) is 17.8 Å². The molecule has 0 bridgehead atoms. The molecule has 2 rings (SSSR count). The molecule has 0 saturated heterocycles. The summed E-state index contributed by atoms with van der Waals surface area (Å²) in [4.78, 5) is 13.9. The number of hydrogen-bond acceptors (Lipinski definition) is 4. The zero-order valence-electron chi connectivity index (χ0n) is 8.77. The molecule has 7 heteroatoms. The lowest BCUT2D eigenvalue weighted by Gasteiger charge is -2.07. The number of carbonyl (C=O) groups is 1. The van der Waals surface area contributed by atoms with Gasteiger partial charge >= 0.3 is 6.36 Å². The molecule has 2 heterocycles. The first-order chi connectivity index (χ1) is 8.48. The quantitative estimate of drug-likeness (QED) is 0.793. The summed E-state index contributed by atoms with van der Waals surface area (Å²) in [5.41, 5.74) is 0.442. The van der Waals surface area contributed by atoms with Gasteiger partial charge in [-0.15, -0.1) is 13.2 Å². The van der Waals surface area contributed by atoms with Crippen LogP contribution < -0.4 is 4.74 Å². The second-order valence-electron chi connectivity index (χ2n) is 3.25. The van der Waals surface area contributed by atoms with Gasteiger partial charge in [-0.05, 0) is 18.2 Å². The van der Waals surface area contributed by atoms with Crippen molar-refractivity contribution in [1.29, 1.82) is 0 Å². The second kappa shape index (κ2) is 4.52. The SMILES string of the molecule is O=Cc1ccc(-c2ccc(OC(F)(F)F)nc2)o1. The van der Waals surface area contributed by atoms with Gasteiger partial charge in [-0.2, -0.15) is 0 Å². The maximum atomic E-state index is 11.9. The third-order valence-electron chi connectivity index (χ3n) is 1.98. The van der Waals surface area contributed by atoms with Crippen molar-refractivity contribution < 1.29 is 27.1 Å². The summed E-state index contributed by atoms with van der Waals surface area (Å²) in [5.74, 6) is -0.0998. The molecule has 0 fully saturated rings. The van der Waals surface area contributed by atoms with Crippen molar-refractivity contribution in [1.82, 2.24) is 4.98 Å². The lowest BCUT2D eigenvalue weighted by atomic mass is 10.2. The van der Waals surface area contributed by atoms with E-state index in [0.29, 0.717) is 17.6 Å². The van der Waals surface area contributed by atoms with E-state index < -0.39 is 12.2 Å². The first kappa shape index (κ1) is 12.2. The van der Waals surface area contributed by atoms with Gasteiger partial charge < -0.3 is 9.15 Å². The van der Waals surface area contributed by atoms with Crippen LogP contribution in [0.4, 0.5) is 13.2 Å². The summed E-state index contributed by atoms with van der Waals surface area (Å²) in [5, 5.41) is 0. The number of hydrogen-bond donors (Lipinski definition) is 0. The zero-order chi connectivity index (χ0) is 13.2. The van der Waals surface area contributed by atoms with E-state index in [2.05, 4.69) is 9.72 Å². The topological polar surface area (TPSA) is 52.3 Å². The Morgan fingerprint density at radius 2 is 2.00 bits per heavy atom.